The first-order valence-electron chi connectivity index (χ1n) is 13.1. The number of aliphatic carboxylic acids is 1. The molecule has 3 aliphatic rings. The van der Waals surface area contributed by atoms with E-state index in [1.165, 1.54) is 18.3 Å². The fourth-order valence-corrected chi connectivity index (χ4v) is 6.79. The van der Waals surface area contributed by atoms with Crippen LogP contribution in [0.4, 0.5) is 17.6 Å². The summed E-state index contributed by atoms with van der Waals surface area (Å²) in [6, 6.07) is 4.83. The van der Waals surface area contributed by atoms with Crippen LogP contribution in [0.15, 0.2) is 30.5 Å². The first kappa shape index (κ1) is 25.6. The average molecular weight is 546 g/mol. The van der Waals surface area contributed by atoms with Crippen molar-refractivity contribution in [3.05, 3.63) is 58.7 Å². The maximum absolute atomic E-state index is 15.4. The number of carbonyl (C=O) groups is 2. The van der Waals surface area contributed by atoms with Crippen molar-refractivity contribution in [3.63, 3.8) is 0 Å². The minimum absolute atomic E-state index is 0.0642. The third-order valence-electron chi connectivity index (χ3n) is 8.70. The standard InChI is InChI=1S/C28H27F4N3O4/c29-20-14-33-24-23(19-13-27(8-5-21(19)34-24)11-17(12-27)26(37)38)22(20)15-6-9-35(10-7-15)25(36)16-1-3-18(4-2-16)39-28(30,31)32/h1-4,14-15,17H,5-13H2,(H,33,34)(H,37,38). The minimum Gasteiger partial charge on any atom is -0.481 e. The van der Waals surface area contributed by atoms with Crippen molar-refractivity contribution in [2.45, 2.75) is 57.2 Å². The smallest absolute Gasteiger partial charge is 0.481 e. The Labute approximate surface area is 221 Å². The van der Waals surface area contributed by atoms with Gasteiger partial charge in [-0.3, -0.25) is 9.59 Å². The largest absolute Gasteiger partial charge is 0.573 e. The number of piperidine rings is 1. The second-order valence-electron chi connectivity index (χ2n) is 11.1. The van der Waals surface area contributed by atoms with E-state index < -0.39 is 18.1 Å². The average Bonchev–Trinajstić information content (AvgIpc) is 3.24. The van der Waals surface area contributed by atoms with Gasteiger partial charge < -0.3 is 19.7 Å². The zero-order valence-corrected chi connectivity index (χ0v) is 21.0. The van der Waals surface area contributed by atoms with Gasteiger partial charge in [0.25, 0.3) is 5.91 Å². The number of nitrogens with one attached hydrogen (secondary N) is 1. The maximum atomic E-state index is 15.4. The number of aromatic amines is 1. The molecule has 0 atom stereocenters. The number of H-pyrrole nitrogens is 1. The van der Waals surface area contributed by atoms with Crippen LogP contribution in [0.25, 0.3) is 11.0 Å². The van der Waals surface area contributed by atoms with Gasteiger partial charge in [0, 0.05) is 35.3 Å². The number of aromatic nitrogens is 2. The number of carboxylic acid groups (broad SMARTS) is 1. The number of halogens is 4. The molecule has 1 aliphatic heterocycles. The highest BCUT2D eigenvalue weighted by molar-refractivity contribution is 5.94. The van der Waals surface area contributed by atoms with Gasteiger partial charge in [-0.05, 0) is 86.1 Å². The third kappa shape index (κ3) is 4.72. The Morgan fingerprint density at radius 1 is 1.13 bits per heavy atom. The predicted octanol–water partition coefficient (Wildman–Crippen LogP) is 5.59. The first-order chi connectivity index (χ1) is 18.5. The van der Waals surface area contributed by atoms with Gasteiger partial charge >= 0.3 is 12.3 Å². The molecule has 11 heteroatoms. The van der Waals surface area contributed by atoms with Crippen molar-refractivity contribution in [3.8, 4) is 5.75 Å². The van der Waals surface area contributed by atoms with Crippen molar-refractivity contribution < 1.29 is 37.0 Å². The molecule has 3 heterocycles. The lowest BCUT2D eigenvalue weighted by Crippen LogP contribution is -2.44. The van der Waals surface area contributed by atoms with E-state index in [-0.39, 0.29) is 34.5 Å². The van der Waals surface area contributed by atoms with E-state index in [9.17, 15) is 27.9 Å². The highest BCUT2D eigenvalue weighted by atomic mass is 19.4. The summed E-state index contributed by atoms with van der Waals surface area (Å²) in [5.41, 5.74) is 3.52. The summed E-state index contributed by atoms with van der Waals surface area (Å²) < 4.78 is 56.5. The highest BCUT2D eigenvalue weighted by Gasteiger charge is 2.49. The molecule has 2 aromatic heterocycles. The van der Waals surface area contributed by atoms with Crippen molar-refractivity contribution in [1.29, 1.82) is 0 Å². The van der Waals surface area contributed by atoms with Crippen molar-refractivity contribution in [1.82, 2.24) is 14.9 Å². The van der Waals surface area contributed by atoms with Crippen LogP contribution in [0.1, 0.15) is 65.2 Å². The van der Waals surface area contributed by atoms with Gasteiger partial charge in [0.15, 0.2) is 0 Å². The molecule has 39 heavy (non-hydrogen) atoms. The van der Waals surface area contributed by atoms with E-state index in [0.717, 1.165) is 41.6 Å². The number of pyridine rings is 1. The summed E-state index contributed by atoms with van der Waals surface area (Å²) in [6.45, 7) is 0.759. The fourth-order valence-electron chi connectivity index (χ4n) is 6.79. The Balaban J connectivity index is 1.19. The Bertz CT molecular complexity index is 1440. The molecule has 3 aromatic rings. The lowest BCUT2D eigenvalue weighted by Gasteiger charge is -2.48. The summed E-state index contributed by atoms with van der Waals surface area (Å²) in [5.74, 6) is -2.29. The molecule has 1 aromatic carbocycles. The quantitative estimate of drug-likeness (QED) is 0.417. The number of carbonyl (C=O) groups excluding carboxylic acids is 1. The number of amides is 1. The van der Waals surface area contributed by atoms with Crippen LogP contribution in [0, 0.1) is 17.2 Å². The van der Waals surface area contributed by atoms with Crippen molar-refractivity contribution >= 4 is 22.9 Å². The normalized spacial score (nSPS) is 23.5. The lowest BCUT2D eigenvalue weighted by atomic mass is 9.55. The third-order valence-corrected chi connectivity index (χ3v) is 8.70. The second-order valence-corrected chi connectivity index (χ2v) is 11.1. The molecule has 2 fully saturated rings. The molecule has 206 valence electrons. The van der Waals surface area contributed by atoms with Gasteiger partial charge in [-0.15, -0.1) is 13.2 Å². The summed E-state index contributed by atoms with van der Waals surface area (Å²) in [7, 11) is 0. The summed E-state index contributed by atoms with van der Waals surface area (Å²) >= 11 is 0. The van der Waals surface area contributed by atoms with Gasteiger partial charge in [0.1, 0.15) is 17.2 Å². The molecule has 1 amide bonds. The van der Waals surface area contributed by atoms with Gasteiger partial charge in [0.2, 0.25) is 0 Å². The minimum atomic E-state index is -4.81. The Morgan fingerprint density at radius 3 is 2.46 bits per heavy atom. The fraction of sp³-hybridized carbons (Fsp3) is 0.464. The first-order valence-corrected chi connectivity index (χ1v) is 13.1. The maximum Gasteiger partial charge on any atom is 0.573 e. The number of carboxylic acids is 1. The van der Waals surface area contributed by atoms with Gasteiger partial charge in [-0.2, -0.15) is 0 Å². The molecular weight excluding hydrogens is 518 g/mol. The monoisotopic (exact) mass is 545 g/mol. The van der Waals surface area contributed by atoms with E-state index in [4.69, 9.17) is 0 Å². The number of alkyl halides is 3. The molecule has 1 spiro atoms. The van der Waals surface area contributed by atoms with Crippen LogP contribution in [0.2, 0.25) is 0 Å². The van der Waals surface area contributed by atoms with Gasteiger partial charge in [0.05, 0.1) is 12.1 Å². The molecule has 0 radical (unpaired) electrons. The van der Waals surface area contributed by atoms with Crippen LogP contribution < -0.4 is 4.74 Å². The number of nitrogens with zero attached hydrogens (tertiary/aromatic N) is 2. The Morgan fingerprint density at radius 2 is 1.82 bits per heavy atom. The second kappa shape index (κ2) is 9.24. The molecule has 2 aliphatic carbocycles. The number of hydrogen-bond donors (Lipinski definition) is 2. The lowest BCUT2D eigenvalue weighted by molar-refractivity contribution is -0.274. The molecule has 7 nitrogen and oxygen atoms in total. The van der Waals surface area contributed by atoms with Crippen LogP contribution >= 0.6 is 0 Å². The van der Waals surface area contributed by atoms with Crippen LogP contribution in [0.3, 0.4) is 0 Å². The molecule has 6 rings (SSSR count). The van der Waals surface area contributed by atoms with Gasteiger partial charge in [-0.25, -0.2) is 9.37 Å². The van der Waals surface area contributed by atoms with E-state index in [0.29, 0.717) is 56.4 Å². The zero-order valence-electron chi connectivity index (χ0n) is 21.0. The number of aryl methyl sites for hydroxylation is 1. The molecule has 2 N–H and O–H groups in total. The number of hydrogen-bond acceptors (Lipinski definition) is 4. The molecule has 0 unspecified atom stereocenters. The SMILES string of the molecule is O=C(O)C1CC2(CCc3[nH]c4ncc(F)c(C5CCN(C(=O)c6ccc(OC(F)(F)F)cc6)CC5)c4c3C2)C1. The predicted molar refractivity (Wildman–Crippen MR) is 132 cm³/mol. The zero-order chi connectivity index (χ0) is 27.5. The summed E-state index contributed by atoms with van der Waals surface area (Å²) in [5, 5.41) is 10.2. The van der Waals surface area contributed by atoms with E-state index >= 15 is 4.39 Å². The number of ether oxygens (including phenoxy) is 1. The Hall–Kier alpha value is -3.63. The number of benzene rings is 1. The van der Waals surface area contributed by atoms with E-state index in [1.807, 2.05) is 0 Å². The van der Waals surface area contributed by atoms with Crippen LogP contribution in [-0.2, 0) is 17.6 Å². The van der Waals surface area contributed by atoms with Crippen LogP contribution in [-0.4, -0.2) is 51.3 Å². The topological polar surface area (TPSA) is 95.5 Å². The highest BCUT2D eigenvalue weighted by Crippen LogP contribution is 2.55. The summed E-state index contributed by atoms with van der Waals surface area (Å²) in [6.07, 6.45) is 1.15. The van der Waals surface area contributed by atoms with E-state index in [1.54, 1.807) is 4.90 Å². The van der Waals surface area contributed by atoms with Crippen molar-refractivity contribution in [2.75, 3.05) is 13.1 Å². The van der Waals surface area contributed by atoms with Crippen molar-refractivity contribution in [2.24, 2.45) is 11.3 Å². The van der Waals surface area contributed by atoms with Gasteiger partial charge in [-0.1, -0.05) is 0 Å². The summed E-state index contributed by atoms with van der Waals surface area (Å²) in [4.78, 5) is 33.7. The van der Waals surface area contributed by atoms with E-state index in [2.05, 4.69) is 14.7 Å². The molecule has 1 saturated heterocycles. The number of likely N-dealkylation sites (tertiary alicyclic amines) is 1. The molecule has 0 bridgehead atoms. The molecule has 1 saturated carbocycles. The number of fused-ring (bicyclic) bond motifs is 3. The van der Waals surface area contributed by atoms with Crippen LogP contribution in [0.5, 0.6) is 5.75 Å². The number of rotatable bonds is 4. The Kier molecular flexibility index (Phi) is 6.07. The molecular formula is C28H27F4N3O4.